The Hall–Kier alpha value is -2.13. The number of aromatic amines is 1. The molecule has 2 N–H and O–H groups in total. The highest BCUT2D eigenvalue weighted by Crippen LogP contribution is 2.32. The highest BCUT2D eigenvalue weighted by molar-refractivity contribution is 5.53. The Morgan fingerprint density at radius 2 is 2.12 bits per heavy atom. The molecule has 140 valence electrons. The van der Waals surface area contributed by atoms with E-state index in [0.29, 0.717) is 29.5 Å². The van der Waals surface area contributed by atoms with Gasteiger partial charge in [0.1, 0.15) is 11.6 Å². The van der Waals surface area contributed by atoms with Crippen molar-refractivity contribution in [3.8, 4) is 6.07 Å². The van der Waals surface area contributed by atoms with Crippen LogP contribution in [0.5, 0.6) is 0 Å². The molecule has 1 aliphatic carbocycles. The van der Waals surface area contributed by atoms with Crippen molar-refractivity contribution >= 4 is 5.65 Å². The third kappa shape index (κ3) is 4.16. The van der Waals surface area contributed by atoms with Crippen LogP contribution in [0.2, 0.25) is 0 Å². The van der Waals surface area contributed by atoms with Gasteiger partial charge in [-0.1, -0.05) is 52.9 Å². The predicted molar refractivity (Wildman–Crippen MR) is 102 cm³/mol. The second-order valence-corrected chi connectivity index (χ2v) is 8.58. The van der Waals surface area contributed by atoms with Gasteiger partial charge in [-0.05, 0) is 17.8 Å². The number of hydrogen-bond acceptors (Lipinski definition) is 4. The minimum atomic E-state index is -0.187. The summed E-state index contributed by atoms with van der Waals surface area (Å²) in [5.41, 5.74) is 1.43. The summed E-state index contributed by atoms with van der Waals surface area (Å²) in [7, 11) is 0. The first-order valence-corrected chi connectivity index (χ1v) is 9.62. The standard InChI is InChI=1S/C20H29N5O/c1-20(2,3)17(9-14-7-5-4-6-8-14)22-13-16-10-18(26)25-19(24-16)15(11-21)12-23-25/h10,12,14,17,22-23H,4-9,13H2,1-3H3. The second-order valence-electron chi connectivity index (χ2n) is 8.58. The molecule has 0 saturated heterocycles. The molecule has 2 heterocycles. The van der Waals surface area contributed by atoms with Crippen molar-refractivity contribution in [2.24, 2.45) is 11.3 Å². The van der Waals surface area contributed by atoms with E-state index in [4.69, 9.17) is 0 Å². The molecular formula is C20H29N5O. The van der Waals surface area contributed by atoms with Crippen LogP contribution in [0.15, 0.2) is 17.1 Å². The molecule has 0 radical (unpaired) electrons. The van der Waals surface area contributed by atoms with Crippen LogP contribution in [-0.4, -0.2) is 20.6 Å². The molecule has 1 saturated carbocycles. The van der Waals surface area contributed by atoms with Gasteiger partial charge in [0, 0.05) is 24.8 Å². The number of hydrogen-bond donors (Lipinski definition) is 2. The molecule has 1 fully saturated rings. The SMILES string of the molecule is CC(C)(C)C(CC1CCCCC1)NCc1cc(=O)n2[nH]cc(C#N)c2n1. The Labute approximate surface area is 154 Å². The summed E-state index contributed by atoms with van der Waals surface area (Å²) in [6.45, 7) is 7.33. The molecule has 2 aromatic rings. The van der Waals surface area contributed by atoms with Crippen molar-refractivity contribution in [1.82, 2.24) is 19.9 Å². The lowest BCUT2D eigenvalue weighted by Crippen LogP contribution is -2.42. The Morgan fingerprint density at radius 1 is 1.38 bits per heavy atom. The number of nitriles is 1. The van der Waals surface area contributed by atoms with Gasteiger partial charge in [-0.25, -0.2) is 9.50 Å². The fraction of sp³-hybridized carbons (Fsp3) is 0.650. The van der Waals surface area contributed by atoms with E-state index in [-0.39, 0.29) is 11.0 Å². The lowest BCUT2D eigenvalue weighted by atomic mass is 9.77. The third-order valence-electron chi connectivity index (χ3n) is 5.54. The molecule has 26 heavy (non-hydrogen) atoms. The summed E-state index contributed by atoms with van der Waals surface area (Å²) in [6.07, 6.45) is 9.40. The van der Waals surface area contributed by atoms with Crippen molar-refractivity contribution < 1.29 is 0 Å². The normalized spacial score (nSPS) is 17.3. The molecule has 6 nitrogen and oxygen atoms in total. The van der Waals surface area contributed by atoms with Crippen LogP contribution in [-0.2, 0) is 6.54 Å². The smallest absolute Gasteiger partial charge is 0.272 e. The van der Waals surface area contributed by atoms with Gasteiger partial charge in [-0.3, -0.25) is 9.89 Å². The van der Waals surface area contributed by atoms with Crippen LogP contribution in [0.25, 0.3) is 5.65 Å². The zero-order chi connectivity index (χ0) is 18.7. The predicted octanol–water partition coefficient (Wildman–Crippen LogP) is 3.37. The fourth-order valence-electron chi connectivity index (χ4n) is 3.93. The quantitative estimate of drug-likeness (QED) is 0.861. The van der Waals surface area contributed by atoms with Gasteiger partial charge in [-0.15, -0.1) is 0 Å². The van der Waals surface area contributed by atoms with E-state index in [1.54, 1.807) is 0 Å². The first kappa shape index (κ1) is 18.7. The molecular weight excluding hydrogens is 326 g/mol. The van der Waals surface area contributed by atoms with Crippen LogP contribution in [0.3, 0.4) is 0 Å². The third-order valence-corrected chi connectivity index (χ3v) is 5.54. The van der Waals surface area contributed by atoms with Gasteiger partial charge in [0.15, 0.2) is 5.65 Å². The topological polar surface area (TPSA) is 86.0 Å². The molecule has 6 heteroatoms. The molecule has 0 bridgehead atoms. The number of nitrogens with one attached hydrogen (secondary N) is 2. The van der Waals surface area contributed by atoms with Crippen molar-refractivity contribution in [2.75, 3.05) is 0 Å². The van der Waals surface area contributed by atoms with Gasteiger partial charge in [0.2, 0.25) is 0 Å². The number of aromatic nitrogens is 3. The molecule has 0 aromatic carbocycles. The van der Waals surface area contributed by atoms with Crippen LogP contribution in [0, 0.1) is 22.7 Å². The van der Waals surface area contributed by atoms with Crippen molar-refractivity contribution in [3.63, 3.8) is 0 Å². The summed E-state index contributed by atoms with van der Waals surface area (Å²) in [6, 6.07) is 3.98. The largest absolute Gasteiger partial charge is 0.308 e. The maximum absolute atomic E-state index is 12.2. The molecule has 0 aliphatic heterocycles. The Balaban J connectivity index is 1.75. The fourth-order valence-corrected chi connectivity index (χ4v) is 3.93. The minimum Gasteiger partial charge on any atom is -0.308 e. The summed E-state index contributed by atoms with van der Waals surface area (Å²) in [4.78, 5) is 16.8. The maximum Gasteiger partial charge on any atom is 0.272 e. The molecule has 1 aliphatic rings. The van der Waals surface area contributed by atoms with Gasteiger partial charge in [0.25, 0.3) is 5.56 Å². The number of nitrogens with zero attached hydrogens (tertiary/aromatic N) is 3. The van der Waals surface area contributed by atoms with Crippen LogP contribution in [0.1, 0.15) is 70.6 Å². The van der Waals surface area contributed by atoms with Gasteiger partial charge in [0.05, 0.1) is 5.69 Å². The van der Waals surface area contributed by atoms with E-state index < -0.39 is 0 Å². The lowest BCUT2D eigenvalue weighted by Gasteiger charge is -2.35. The maximum atomic E-state index is 12.2. The number of rotatable bonds is 5. The molecule has 3 rings (SSSR count). The Bertz CT molecular complexity index is 846. The van der Waals surface area contributed by atoms with Gasteiger partial charge in [-0.2, -0.15) is 5.26 Å². The molecule has 0 spiro atoms. The number of fused-ring (bicyclic) bond motifs is 1. The van der Waals surface area contributed by atoms with E-state index >= 15 is 0 Å². The van der Waals surface area contributed by atoms with Crippen molar-refractivity contribution in [3.05, 3.63) is 33.9 Å². The highest BCUT2D eigenvalue weighted by Gasteiger charge is 2.28. The van der Waals surface area contributed by atoms with Crippen LogP contribution in [0.4, 0.5) is 0 Å². The van der Waals surface area contributed by atoms with Crippen molar-refractivity contribution in [1.29, 1.82) is 5.26 Å². The average molecular weight is 355 g/mol. The Kier molecular flexibility index (Phi) is 5.47. The monoisotopic (exact) mass is 355 g/mol. The zero-order valence-corrected chi connectivity index (χ0v) is 16.0. The summed E-state index contributed by atoms with van der Waals surface area (Å²) in [5.74, 6) is 0.788. The van der Waals surface area contributed by atoms with E-state index in [1.807, 2.05) is 0 Å². The first-order valence-electron chi connectivity index (χ1n) is 9.62. The second kappa shape index (κ2) is 7.63. The minimum absolute atomic E-state index is 0.141. The van der Waals surface area contributed by atoms with E-state index in [0.717, 1.165) is 5.92 Å². The molecule has 0 amide bonds. The van der Waals surface area contributed by atoms with Crippen LogP contribution < -0.4 is 10.9 Å². The lowest BCUT2D eigenvalue weighted by molar-refractivity contribution is 0.200. The zero-order valence-electron chi connectivity index (χ0n) is 16.0. The molecule has 1 atom stereocenters. The van der Waals surface area contributed by atoms with Crippen molar-refractivity contribution in [2.45, 2.75) is 71.9 Å². The van der Waals surface area contributed by atoms with E-state index in [1.165, 1.54) is 55.3 Å². The van der Waals surface area contributed by atoms with Crippen LogP contribution >= 0.6 is 0 Å². The van der Waals surface area contributed by atoms with Gasteiger partial charge >= 0.3 is 0 Å². The first-order chi connectivity index (χ1) is 12.4. The van der Waals surface area contributed by atoms with E-state index in [2.05, 4.69) is 42.2 Å². The summed E-state index contributed by atoms with van der Waals surface area (Å²) >= 11 is 0. The van der Waals surface area contributed by atoms with Gasteiger partial charge < -0.3 is 5.32 Å². The number of H-pyrrole nitrogens is 1. The average Bonchev–Trinajstić information content (AvgIpc) is 3.02. The summed E-state index contributed by atoms with van der Waals surface area (Å²) < 4.78 is 1.31. The molecule has 1 unspecified atom stereocenters. The Morgan fingerprint density at radius 3 is 2.77 bits per heavy atom. The summed E-state index contributed by atoms with van der Waals surface area (Å²) in [5, 5.41) is 15.6. The highest BCUT2D eigenvalue weighted by atomic mass is 16.1. The molecule has 2 aromatic heterocycles. The van der Waals surface area contributed by atoms with E-state index in [9.17, 15) is 10.1 Å².